The molecule has 0 radical (unpaired) electrons. The van der Waals surface area contributed by atoms with Gasteiger partial charge in [-0.1, -0.05) is 0 Å². The van der Waals surface area contributed by atoms with Crippen molar-refractivity contribution in [3.63, 3.8) is 0 Å². The van der Waals surface area contributed by atoms with Crippen molar-refractivity contribution in [2.45, 2.75) is 51.8 Å². The number of aromatic amines is 1. The Morgan fingerprint density at radius 3 is 2.90 bits per heavy atom. The molecule has 2 rings (SSSR count). The maximum atomic E-state index is 12.0. The third-order valence-electron chi connectivity index (χ3n) is 3.41. The molecule has 1 aromatic rings. The van der Waals surface area contributed by atoms with Crippen molar-refractivity contribution in [3.8, 4) is 0 Å². The van der Waals surface area contributed by atoms with Crippen LogP contribution >= 0.6 is 0 Å². The van der Waals surface area contributed by atoms with E-state index in [1.54, 1.807) is 4.90 Å². The van der Waals surface area contributed by atoms with Gasteiger partial charge in [-0.05, 0) is 46.2 Å². The van der Waals surface area contributed by atoms with Crippen LogP contribution in [-0.4, -0.2) is 40.7 Å². The first-order chi connectivity index (χ1) is 9.35. The first-order valence-electron chi connectivity index (χ1n) is 7.22. The maximum absolute atomic E-state index is 12.0. The van der Waals surface area contributed by atoms with Crippen LogP contribution in [0.4, 0.5) is 4.79 Å². The number of hydrogen-bond donors (Lipinski definition) is 2. The first-order valence-corrected chi connectivity index (χ1v) is 7.22. The highest BCUT2D eigenvalue weighted by molar-refractivity contribution is 5.68. The lowest BCUT2D eigenvalue weighted by atomic mass is 10.2. The number of aromatic nitrogens is 1. The number of hydrogen-bond acceptors (Lipinski definition) is 3. The van der Waals surface area contributed by atoms with Gasteiger partial charge in [0.05, 0.1) is 0 Å². The van der Waals surface area contributed by atoms with Gasteiger partial charge in [0.15, 0.2) is 0 Å². The fraction of sp³-hybridized carbons (Fsp3) is 0.667. The molecule has 2 atom stereocenters. The average Bonchev–Trinajstić information content (AvgIpc) is 2.97. The van der Waals surface area contributed by atoms with E-state index in [1.807, 2.05) is 33.0 Å². The summed E-state index contributed by atoms with van der Waals surface area (Å²) in [5.74, 6) is 0. The van der Waals surface area contributed by atoms with Crippen LogP contribution in [0.2, 0.25) is 0 Å². The Balaban J connectivity index is 1.82. The van der Waals surface area contributed by atoms with E-state index in [1.165, 1.54) is 5.69 Å². The predicted octanol–water partition coefficient (Wildman–Crippen LogP) is 2.67. The second kappa shape index (κ2) is 5.87. The molecule has 1 aliphatic rings. The molecule has 5 nitrogen and oxygen atoms in total. The zero-order valence-corrected chi connectivity index (χ0v) is 12.8. The van der Waals surface area contributed by atoms with E-state index in [2.05, 4.69) is 23.3 Å². The van der Waals surface area contributed by atoms with Crippen molar-refractivity contribution < 1.29 is 9.53 Å². The molecule has 0 bridgehead atoms. The van der Waals surface area contributed by atoms with Crippen molar-refractivity contribution in [2.24, 2.45) is 0 Å². The monoisotopic (exact) mass is 279 g/mol. The molecule has 0 aliphatic carbocycles. The smallest absolute Gasteiger partial charge is 0.410 e. The zero-order valence-electron chi connectivity index (χ0n) is 12.8. The van der Waals surface area contributed by atoms with E-state index < -0.39 is 5.60 Å². The molecular formula is C15H25N3O2. The summed E-state index contributed by atoms with van der Waals surface area (Å²) in [5.41, 5.74) is 0.737. The zero-order chi connectivity index (χ0) is 14.8. The molecule has 1 fully saturated rings. The van der Waals surface area contributed by atoms with Gasteiger partial charge in [0.2, 0.25) is 0 Å². The van der Waals surface area contributed by atoms with Crippen molar-refractivity contribution in [3.05, 3.63) is 24.0 Å². The van der Waals surface area contributed by atoms with Gasteiger partial charge in [0.1, 0.15) is 5.60 Å². The lowest BCUT2D eigenvalue weighted by molar-refractivity contribution is 0.0290. The predicted molar refractivity (Wildman–Crippen MR) is 78.6 cm³/mol. The molecule has 1 saturated heterocycles. The van der Waals surface area contributed by atoms with Gasteiger partial charge in [-0.3, -0.25) is 0 Å². The fourth-order valence-corrected chi connectivity index (χ4v) is 2.45. The molecule has 20 heavy (non-hydrogen) atoms. The Morgan fingerprint density at radius 1 is 1.55 bits per heavy atom. The Bertz CT molecular complexity index is 436. The molecule has 1 aromatic heterocycles. The summed E-state index contributed by atoms with van der Waals surface area (Å²) in [5, 5.41) is 3.55. The number of carbonyl (C=O) groups is 1. The molecule has 2 N–H and O–H groups in total. The summed E-state index contributed by atoms with van der Waals surface area (Å²) in [6.45, 7) is 9.27. The molecule has 1 amide bonds. The molecule has 112 valence electrons. The Labute approximate surface area is 120 Å². The number of nitrogens with one attached hydrogen (secondary N) is 2. The van der Waals surface area contributed by atoms with Gasteiger partial charge in [-0.2, -0.15) is 0 Å². The number of nitrogens with zero attached hydrogens (tertiary/aromatic N) is 1. The van der Waals surface area contributed by atoms with Crippen LogP contribution in [0.5, 0.6) is 0 Å². The van der Waals surface area contributed by atoms with Gasteiger partial charge in [0.25, 0.3) is 0 Å². The summed E-state index contributed by atoms with van der Waals surface area (Å²) in [7, 11) is 0. The third-order valence-corrected chi connectivity index (χ3v) is 3.41. The maximum Gasteiger partial charge on any atom is 0.410 e. The van der Waals surface area contributed by atoms with Crippen LogP contribution in [0.15, 0.2) is 18.3 Å². The van der Waals surface area contributed by atoms with Gasteiger partial charge in [0, 0.05) is 37.1 Å². The first kappa shape index (κ1) is 14.9. The molecule has 5 heteroatoms. The van der Waals surface area contributed by atoms with E-state index >= 15 is 0 Å². The van der Waals surface area contributed by atoms with E-state index in [0.29, 0.717) is 12.6 Å². The van der Waals surface area contributed by atoms with E-state index in [4.69, 9.17) is 4.74 Å². The summed E-state index contributed by atoms with van der Waals surface area (Å²) < 4.78 is 5.40. The molecule has 0 unspecified atom stereocenters. The Morgan fingerprint density at radius 2 is 2.30 bits per heavy atom. The highest BCUT2D eigenvalue weighted by Crippen LogP contribution is 2.18. The van der Waals surface area contributed by atoms with Crippen LogP contribution in [0.3, 0.4) is 0 Å². The topological polar surface area (TPSA) is 57.4 Å². The third kappa shape index (κ3) is 4.00. The normalized spacial score (nSPS) is 21.0. The number of rotatable bonds is 3. The van der Waals surface area contributed by atoms with Crippen molar-refractivity contribution in [2.75, 3.05) is 13.1 Å². The molecule has 2 heterocycles. The van der Waals surface area contributed by atoms with Crippen molar-refractivity contribution in [1.29, 1.82) is 0 Å². The van der Waals surface area contributed by atoms with Gasteiger partial charge in [-0.15, -0.1) is 0 Å². The Kier molecular flexibility index (Phi) is 4.38. The quantitative estimate of drug-likeness (QED) is 0.894. The average molecular weight is 279 g/mol. The van der Waals surface area contributed by atoms with Crippen LogP contribution in [0.25, 0.3) is 0 Å². The lowest BCUT2D eigenvalue weighted by Gasteiger charge is -2.25. The second-order valence-corrected chi connectivity index (χ2v) is 6.43. The Hall–Kier alpha value is -1.49. The lowest BCUT2D eigenvalue weighted by Crippen LogP contribution is -2.39. The number of carbonyl (C=O) groups excluding carboxylic acids is 1. The number of amides is 1. The van der Waals surface area contributed by atoms with Gasteiger partial charge >= 0.3 is 6.09 Å². The van der Waals surface area contributed by atoms with Crippen LogP contribution < -0.4 is 5.32 Å². The molecule has 0 aromatic carbocycles. The number of H-pyrrole nitrogens is 1. The summed E-state index contributed by atoms with van der Waals surface area (Å²) in [6, 6.07) is 4.64. The summed E-state index contributed by atoms with van der Waals surface area (Å²) >= 11 is 0. The second-order valence-electron chi connectivity index (χ2n) is 6.43. The summed E-state index contributed by atoms with van der Waals surface area (Å²) in [6.07, 6.45) is 2.67. The van der Waals surface area contributed by atoms with Crippen LogP contribution in [0.1, 0.15) is 45.9 Å². The fourth-order valence-electron chi connectivity index (χ4n) is 2.45. The molecule has 1 aliphatic heterocycles. The minimum absolute atomic E-state index is 0.214. The van der Waals surface area contributed by atoms with E-state index in [0.717, 1.165) is 13.0 Å². The molecule has 0 saturated carbocycles. The highest BCUT2D eigenvalue weighted by atomic mass is 16.6. The van der Waals surface area contributed by atoms with E-state index in [9.17, 15) is 4.79 Å². The standard InChI is InChI=1S/C15H25N3O2/c1-11(13-6-5-8-16-13)17-12-7-9-18(10-12)14(19)20-15(2,3)4/h5-6,8,11-12,16-17H,7,9-10H2,1-4H3/t11-,12-/m1/s1. The van der Waals surface area contributed by atoms with E-state index in [-0.39, 0.29) is 12.1 Å². The molecule has 0 spiro atoms. The minimum Gasteiger partial charge on any atom is -0.444 e. The highest BCUT2D eigenvalue weighted by Gasteiger charge is 2.30. The van der Waals surface area contributed by atoms with Crippen LogP contribution in [0, 0.1) is 0 Å². The minimum atomic E-state index is -0.430. The number of likely N-dealkylation sites (tertiary alicyclic amines) is 1. The van der Waals surface area contributed by atoms with Gasteiger partial charge in [-0.25, -0.2) is 4.79 Å². The largest absolute Gasteiger partial charge is 0.444 e. The summed E-state index contributed by atoms with van der Waals surface area (Å²) in [4.78, 5) is 17.0. The van der Waals surface area contributed by atoms with Gasteiger partial charge < -0.3 is 19.9 Å². The van der Waals surface area contributed by atoms with Crippen LogP contribution in [-0.2, 0) is 4.74 Å². The number of ether oxygens (including phenoxy) is 1. The SMILES string of the molecule is C[C@@H](N[C@@H]1CCN(C(=O)OC(C)(C)C)C1)c1ccc[nH]1. The molecular weight excluding hydrogens is 254 g/mol. The van der Waals surface area contributed by atoms with Crippen molar-refractivity contribution >= 4 is 6.09 Å². The van der Waals surface area contributed by atoms with Crippen molar-refractivity contribution in [1.82, 2.24) is 15.2 Å².